The number of methoxy groups -OCH3 is 1. The molecule has 0 spiro atoms. The molecule has 0 saturated heterocycles. The van der Waals surface area contributed by atoms with Crippen LogP contribution in [0.15, 0.2) is 47.8 Å². The fourth-order valence-electron chi connectivity index (χ4n) is 3.85. The second-order valence-corrected chi connectivity index (χ2v) is 9.55. The lowest BCUT2D eigenvalue weighted by molar-refractivity contribution is -0.115. The van der Waals surface area contributed by atoms with Gasteiger partial charge in [-0.15, -0.1) is 10.2 Å². The van der Waals surface area contributed by atoms with Crippen LogP contribution >= 0.6 is 23.4 Å². The Morgan fingerprint density at radius 2 is 1.91 bits per heavy atom. The van der Waals surface area contributed by atoms with E-state index >= 15 is 0 Å². The van der Waals surface area contributed by atoms with Gasteiger partial charge in [-0.05, 0) is 56.2 Å². The number of nitrogens with zero attached hydrogens (tertiary/aromatic N) is 4. The highest BCUT2D eigenvalue weighted by atomic mass is 35.5. The highest BCUT2D eigenvalue weighted by Gasteiger charge is 2.26. The first-order valence-electron chi connectivity index (χ1n) is 10.7. The number of amides is 1. The number of thioether (sulfide) groups is 1. The summed E-state index contributed by atoms with van der Waals surface area (Å²) in [5, 5.41) is 12.7. The van der Waals surface area contributed by atoms with Crippen LogP contribution in [-0.2, 0) is 4.79 Å². The van der Waals surface area contributed by atoms with Gasteiger partial charge < -0.3 is 10.1 Å². The maximum Gasteiger partial charge on any atom is 0.238 e. The van der Waals surface area contributed by atoms with Gasteiger partial charge in [0.05, 0.1) is 17.4 Å². The third kappa shape index (κ3) is 5.24. The minimum absolute atomic E-state index is 0.144. The number of aromatic nitrogens is 4. The molecule has 1 fully saturated rings. The van der Waals surface area contributed by atoms with Gasteiger partial charge in [-0.3, -0.25) is 9.36 Å². The second-order valence-electron chi connectivity index (χ2n) is 7.81. The number of ether oxygens (including phenoxy) is 1. The third-order valence-electron chi connectivity index (χ3n) is 5.58. The van der Waals surface area contributed by atoms with Crippen LogP contribution in [0.1, 0.15) is 45.1 Å². The fraction of sp³-hybridized carbons (Fsp3) is 0.391. The van der Waals surface area contributed by atoms with E-state index in [4.69, 9.17) is 16.3 Å². The van der Waals surface area contributed by atoms with E-state index in [2.05, 4.69) is 25.1 Å². The molecule has 2 heterocycles. The van der Waals surface area contributed by atoms with Crippen LogP contribution in [0, 0.1) is 0 Å². The summed E-state index contributed by atoms with van der Waals surface area (Å²) in [5.74, 6) is 1.95. The molecule has 9 heteroatoms. The zero-order chi connectivity index (χ0) is 22.5. The van der Waals surface area contributed by atoms with E-state index in [-0.39, 0.29) is 11.2 Å². The van der Waals surface area contributed by atoms with Gasteiger partial charge >= 0.3 is 0 Å². The summed E-state index contributed by atoms with van der Waals surface area (Å²) in [6.45, 7) is 1.86. The summed E-state index contributed by atoms with van der Waals surface area (Å²) in [6.07, 6.45) is 7.32. The van der Waals surface area contributed by atoms with Crippen LogP contribution in [0.5, 0.6) is 5.75 Å². The van der Waals surface area contributed by atoms with Gasteiger partial charge in [-0.2, -0.15) is 0 Å². The van der Waals surface area contributed by atoms with Crippen molar-refractivity contribution in [2.75, 3.05) is 12.4 Å². The first kappa shape index (κ1) is 22.6. The van der Waals surface area contributed by atoms with Crippen molar-refractivity contribution in [1.82, 2.24) is 19.7 Å². The minimum Gasteiger partial charge on any atom is -0.497 e. The predicted octanol–water partition coefficient (Wildman–Crippen LogP) is 5.63. The number of hydrogen-bond donors (Lipinski definition) is 1. The lowest BCUT2D eigenvalue weighted by atomic mass is 9.95. The standard InChI is InChI=1S/C23H26ClN5O2S/c1-15(22(30)26-20-13-10-17(24)14-25-20)32-23-28-27-21(16-8-11-19(31-2)12-9-16)29(23)18-6-4-3-5-7-18/h8-15,18H,3-7H2,1-2H3,(H,25,26,30). The first-order chi connectivity index (χ1) is 15.5. The number of pyridine rings is 1. The van der Waals surface area contributed by atoms with Crippen molar-refractivity contribution in [2.45, 2.75) is 55.5 Å². The Balaban J connectivity index is 1.57. The molecule has 168 valence electrons. The van der Waals surface area contributed by atoms with Crippen LogP contribution in [0.25, 0.3) is 11.4 Å². The third-order valence-corrected chi connectivity index (χ3v) is 6.86. The Kier molecular flexibility index (Phi) is 7.32. The van der Waals surface area contributed by atoms with Gasteiger partial charge in [-0.1, -0.05) is 42.6 Å². The molecule has 0 bridgehead atoms. The smallest absolute Gasteiger partial charge is 0.238 e. The molecule has 1 amide bonds. The van der Waals surface area contributed by atoms with Gasteiger partial charge in [0.15, 0.2) is 11.0 Å². The average Bonchev–Trinajstić information content (AvgIpc) is 3.24. The Bertz CT molecular complexity index is 1050. The van der Waals surface area contributed by atoms with E-state index < -0.39 is 0 Å². The molecule has 1 aliphatic rings. The van der Waals surface area contributed by atoms with Crippen LogP contribution in [0.4, 0.5) is 5.82 Å². The Morgan fingerprint density at radius 1 is 1.16 bits per heavy atom. The maximum atomic E-state index is 12.8. The lowest BCUT2D eigenvalue weighted by Gasteiger charge is -2.26. The monoisotopic (exact) mass is 471 g/mol. The highest BCUT2D eigenvalue weighted by Crippen LogP contribution is 2.37. The van der Waals surface area contributed by atoms with Crippen molar-refractivity contribution in [3.05, 3.63) is 47.6 Å². The van der Waals surface area contributed by atoms with Crippen LogP contribution < -0.4 is 10.1 Å². The molecule has 2 aromatic heterocycles. The van der Waals surface area contributed by atoms with Crippen LogP contribution in [-0.4, -0.2) is 38.0 Å². The molecule has 1 saturated carbocycles. The van der Waals surface area contributed by atoms with Crippen molar-refractivity contribution in [3.8, 4) is 17.1 Å². The molecule has 32 heavy (non-hydrogen) atoms. The highest BCUT2D eigenvalue weighted by molar-refractivity contribution is 8.00. The largest absolute Gasteiger partial charge is 0.497 e. The van der Waals surface area contributed by atoms with Crippen LogP contribution in [0.2, 0.25) is 5.02 Å². The zero-order valence-electron chi connectivity index (χ0n) is 18.1. The number of benzene rings is 1. The Hall–Kier alpha value is -2.58. The number of carbonyl (C=O) groups excluding carboxylic acids is 1. The number of anilines is 1. The molecule has 3 aromatic rings. The van der Waals surface area contributed by atoms with Crippen molar-refractivity contribution in [2.24, 2.45) is 0 Å². The van der Waals surface area contributed by atoms with E-state index in [1.54, 1.807) is 19.2 Å². The Labute approximate surface area is 196 Å². The number of halogens is 1. The summed E-state index contributed by atoms with van der Waals surface area (Å²) < 4.78 is 7.51. The summed E-state index contributed by atoms with van der Waals surface area (Å²) >= 11 is 7.29. The predicted molar refractivity (Wildman–Crippen MR) is 127 cm³/mol. The molecule has 1 N–H and O–H groups in total. The molecule has 0 radical (unpaired) electrons. The molecular weight excluding hydrogens is 446 g/mol. The summed E-state index contributed by atoms with van der Waals surface area (Å²) in [7, 11) is 1.65. The minimum atomic E-state index is -0.372. The summed E-state index contributed by atoms with van der Waals surface area (Å²) in [5.41, 5.74) is 0.984. The molecule has 0 aliphatic heterocycles. The summed E-state index contributed by atoms with van der Waals surface area (Å²) in [4.78, 5) is 16.9. The van der Waals surface area contributed by atoms with Gasteiger partial charge in [0.1, 0.15) is 11.6 Å². The number of carbonyl (C=O) groups is 1. The normalized spacial score (nSPS) is 15.3. The molecule has 1 aromatic carbocycles. The van der Waals surface area contributed by atoms with Crippen molar-refractivity contribution in [1.29, 1.82) is 0 Å². The Morgan fingerprint density at radius 3 is 2.56 bits per heavy atom. The maximum absolute atomic E-state index is 12.8. The van der Waals surface area contributed by atoms with Crippen molar-refractivity contribution in [3.63, 3.8) is 0 Å². The number of hydrogen-bond acceptors (Lipinski definition) is 6. The zero-order valence-corrected chi connectivity index (χ0v) is 19.7. The van der Waals surface area contributed by atoms with Crippen LogP contribution in [0.3, 0.4) is 0 Å². The SMILES string of the molecule is COc1ccc(-c2nnc(SC(C)C(=O)Nc3ccc(Cl)cn3)n2C2CCCCC2)cc1. The molecular formula is C23H26ClN5O2S. The molecule has 7 nitrogen and oxygen atoms in total. The molecule has 1 unspecified atom stereocenters. The van der Waals surface area contributed by atoms with Gasteiger partial charge in [0, 0.05) is 17.8 Å². The first-order valence-corrected chi connectivity index (χ1v) is 12.0. The second kappa shape index (κ2) is 10.4. The van der Waals surface area contributed by atoms with E-state index in [1.807, 2.05) is 31.2 Å². The van der Waals surface area contributed by atoms with Gasteiger partial charge in [0.25, 0.3) is 0 Å². The van der Waals surface area contributed by atoms with E-state index in [0.29, 0.717) is 16.9 Å². The van der Waals surface area contributed by atoms with Crippen molar-refractivity contribution < 1.29 is 9.53 Å². The number of nitrogens with one attached hydrogen (secondary N) is 1. The summed E-state index contributed by atoms with van der Waals surface area (Å²) in [6, 6.07) is 11.6. The number of rotatable bonds is 7. The quantitative estimate of drug-likeness (QED) is 0.450. The van der Waals surface area contributed by atoms with E-state index in [9.17, 15) is 4.79 Å². The van der Waals surface area contributed by atoms with Crippen molar-refractivity contribution >= 4 is 35.1 Å². The van der Waals surface area contributed by atoms with Gasteiger partial charge in [0.2, 0.25) is 5.91 Å². The molecule has 1 atom stereocenters. The van der Waals surface area contributed by atoms with E-state index in [1.165, 1.54) is 37.2 Å². The molecule has 4 rings (SSSR count). The average molecular weight is 472 g/mol. The lowest BCUT2D eigenvalue weighted by Crippen LogP contribution is -2.24. The van der Waals surface area contributed by atoms with Gasteiger partial charge in [-0.25, -0.2) is 4.98 Å². The molecule has 1 aliphatic carbocycles. The fourth-order valence-corrected chi connectivity index (χ4v) is 4.88. The topological polar surface area (TPSA) is 81.9 Å². The van der Waals surface area contributed by atoms with E-state index in [0.717, 1.165) is 35.1 Å².